The van der Waals surface area contributed by atoms with Gasteiger partial charge in [-0.05, 0) is 68.8 Å². The molecule has 0 amide bonds. The largest absolute Gasteiger partial charge is 0.396 e. The molecule has 3 N–H and O–H groups in total. The summed E-state index contributed by atoms with van der Waals surface area (Å²) >= 11 is 0. The maximum Gasteiger partial charge on any atom is 0.126 e. The van der Waals surface area contributed by atoms with Crippen molar-refractivity contribution in [3.63, 3.8) is 0 Å². The average Bonchev–Trinajstić information content (AvgIpc) is 2.48. The van der Waals surface area contributed by atoms with E-state index in [2.05, 4.69) is 4.90 Å². The van der Waals surface area contributed by atoms with Crippen molar-refractivity contribution in [2.45, 2.75) is 38.6 Å². The summed E-state index contributed by atoms with van der Waals surface area (Å²) in [6.45, 7) is 5.14. The van der Waals surface area contributed by atoms with Crippen molar-refractivity contribution < 1.29 is 9.50 Å². The van der Waals surface area contributed by atoms with Gasteiger partial charge in [0.05, 0.1) is 0 Å². The van der Waals surface area contributed by atoms with Crippen molar-refractivity contribution in [3.8, 4) is 0 Å². The minimum Gasteiger partial charge on any atom is -0.396 e. The smallest absolute Gasteiger partial charge is 0.126 e. The monoisotopic (exact) mass is 294 g/mol. The molecule has 1 aliphatic heterocycles. The van der Waals surface area contributed by atoms with E-state index in [9.17, 15) is 4.39 Å². The van der Waals surface area contributed by atoms with Crippen molar-refractivity contribution in [2.75, 3.05) is 26.2 Å². The molecule has 0 aromatic heterocycles. The minimum atomic E-state index is -0.177. The molecule has 0 saturated carbocycles. The number of likely N-dealkylation sites (tertiary alicyclic amines) is 1. The molecule has 0 spiro atoms. The molecule has 3 nitrogen and oxygen atoms in total. The molecule has 0 bridgehead atoms. The number of aliphatic hydroxyl groups is 1. The third-order valence-corrected chi connectivity index (χ3v) is 4.52. The van der Waals surface area contributed by atoms with Gasteiger partial charge < -0.3 is 15.7 Å². The van der Waals surface area contributed by atoms with Gasteiger partial charge in [-0.15, -0.1) is 0 Å². The second-order valence-corrected chi connectivity index (χ2v) is 6.22. The molecule has 1 heterocycles. The fourth-order valence-corrected chi connectivity index (χ4v) is 3.10. The zero-order chi connectivity index (χ0) is 15.2. The van der Waals surface area contributed by atoms with Crippen LogP contribution in [-0.4, -0.2) is 36.2 Å². The van der Waals surface area contributed by atoms with Crippen LogP contribution in [0, 0.1) is 18.7 Å². The lowest BCUT2D eigenvalue weighted by Crippen LogP contribution is -2.37. The summed E-state index contributed by atoms with van der Waals surface area (Å²) in [5, 5.41) is 9.05. The zero-order valence-corrected chi connectivity index (χ0v) is 12.9. The van der Waals surface area contributed by atoms with Crippen molar-refractivity contribution in [3.05, 3.63) is 35.1 Å². The standard InChI is InChI=1S/C17H27FN2O/c1-13-4-5-15(11-16(13)18)17(19)6-9-20-8-2-3-14(12-20)7-10-21/h4-5,11,14,17,21H,2-3,6-10,12,19H2,1H3. The molecular weight excluding hydrogens is 267 g/mol. The molecule has 1 saturated heterocycles. The molecule has 2 unspecified atom stereocenters. The molecule has 0 radical (unpaired) electrons. The Bertz CT molecular complexity index is 450. The SMILES string of the molecule is Cc1ccc(C(N)CCN2CCCC(CCO)C2)cc1F. The van der Waals surface area contributed by atoms with Gasteiger partial charge in [0.2, 0.25) is 0 Å². The lowest BCUT2D eigenvalue weighted by molar-refractivity contribution is 0.144. The minimum absolute atomic E-state index is 0.113. The Morgan fingerprint density at radius 2 is 2.29 bits per heavy atom. The van der Waals surface area contributed by atoms with E-state index in [-0.39, 0.29) is 18.5 Å². The fourth-order valence-electron chi connectivity index (χ4n) is 3.10. The van der Waals surface area contributed by atoms with E-state index in [0.29, 0.717) is 11.5 Å². The van der Waals surface area contributed by atoms with E-state index in [1.54, 1.807) is 19.1 Å². The Labute approximate surface area is 126 Å². The van der Waals surface area contributed by atoms with Crippen LogP contribution in [0.4, 0.5) is 4.39 Å². The predicted molar refractivity (Wildman–Crippen MR) is 83.5 cm³/mol. The van der Waals surface area contributed by atoms with Gasteiger partial charge in [0.15, 0.2) is 0 Å². The third-order valence-electron chi connectivity index (χ3n) is 4.52. The predicted octanol–water partition coefficient (Wildman–Crippen LogP) is 2.62. The summed E-state index contributed by atoms with van der Waals surface area (Å²) in [7, 11) is 0. The lowest BCUT2D eigenvalue weighted by Gasteiger charge is -2.33. The Hall–Kier alpha value is -0.970. The highest BCUT2D eigenvalue weighted by Gasteiger charge is 2.20. The Kier molecular flexibility index (Phi) is 6.15. The van der Waals surface area contributed by atoms with E-state index in [0.717, 1.165) is 38.0 Å². The molecule has 2 atom stereocenters. The van der Waals surface area contributed by atoms with Gasteiger partial charge >= 0.3 is 0 Å². The molecule has 0 aliphatic carbocycles. The summed E-state index contributed by atoms with van der Waals surface area (Å²) < 4.78 is 13.6. The Morgan fingerprint density at radius 1 is 1.48 bits per heavy atom. The second kappa shape index (κ2) is 7.87. The number of aryl methyl sites for hydroxylation is 1. The van der Waals surface area contributed by atoms with Gasteiger partial charge in [-0.3, -0.25) is 0 Å². The highest BCUT2D eigenvalue weighted by Crippen LogP contribution is 2.22. The van der Waals surface area contributed by atoms with E-state index in [1.165, 1.54) is 12.8 Å². The zero-order valence-electron chi connectivity index (χ0n) is 12.9. The second-order valence-electron chi connectivity index (χ2n) is 6.22. The summed E-state index contributed by atoms with van der Waals surface area (Å²) in [4.78, 5) is 2.42. The summed E-state index contributed by atoms with van der Waals surface area (Å²) in [5.74, 6) is 0.431. The Morgan fingerprint density at radius 3 is 3.00 bits per heavy atom. The van der Waals surface area contributed by atoms with Crippen LogP contribution in [-0.2, 0) is 0 Å². The molecule has 21 heavy (non-hydrogen) atoms. The maximum atomic E-state index is 13.6. The van der Waals surface area contributed by atoms with Gasteiger partial charge in [-0.2, -0.15) is 0 Å². The molecular formula is C17H27FN2O. The van der Waals surface area contributed by atoms with E-state index in [1.807, 2.05) is 6.07 Å². The highest BCUT2D eigenvalue weighted by molar-refractivity contribution is 5.25. The van der Waals surface area contributed by atoms with Gasteiger partial charge in [0, 0.05) is 19.2 Å². The highest BCUT2D eigenvalue weighted by atomic mass is 19.1. The molecule has 118 valence electrons. The van der Waals surface area contributed by atoms with Crippen LogP contribution in [0.15, 0.2) is 18.2 Å². The number of hydrogen-bond donors (Lipinski definition) is 2. The number of nitrogens with two attached hydrogens (primary N) is 1. The number of hydrogen-bond acceptors (Lipinski definition) is 3. The average molecular weight is 294 g/mol. The van der Waals surface area contributed by atoms with Crippen molar-refractivity contribution in [1.82, 2.24) is 4.90 Å². The van der Waals surface area contributed by atoms with E-state index < -0.39 is 0 Å². The molecule has 2 rings (SSSR count). The number of aliphatic hydroxyl groups excluding tert-OH is 1. The van der Waals surface area contributed by atoms with Crippen LogP contribution in [0.2, 0.25) is 0 Å². The van der Waals surface area contributed by atoms with Crippen molar-refractivity contribution in [2.24, 2.45) is 11.7 Å². The number of piperidine rings is 1. The number of halogens is 1. The first-order chi connectivity index (χ1) is 10.1. The summed E-state index contributed by atoms with van der Waals surface area (Å²) in [5.41, 5.74) is 7.73. The first-order valence-electron chi connectivity index (χ1n) is 7.95. The van der Waals surface area contributed by atoms with Gasteiger partial charge in [-0.25, -0.2) is 4.39 Å². The molecule has 1 fully saturated rings. The van der Waals surface area contributed by atoms with Gasteiger partial charge in [-0.1, -0.05) is 12.1 Å². The number of benzene rings is 1. The van der Waals surface area contributed by atoms with Crippen molar-refractivity contribution in [1.29, 1.82) is 0 Å². The third kappa shape index (κ3) is 4.77. The van der Waals surface area contributed by atoms with Crippen LogP contribution in [0.1, 0.15) is 42.9 Å². The van der Waals surface area contributed by atoms with Crippen LogP contribution in [0.3, 0.4) is 0 Å². The number of nitrogens with zero attached hydrogens (tertiary/aromatic N) is 1. The molecule has 4 heteroatoms. The van der Waals surface area contributed by atoms with Gasteiger partial charge in [0.25, 0.3) is 0 Å². The van der Waals surface area contributed by atoms with Crippen LogP contribution < -0.4 is 5.73 Å². The summed E-state index contributed by atoms with van der Waals surface area (Å²) in [6, 6.07) is 5.17. The first-order valence-corrected chi connectivity index (χ1v) is 7.95. The molecule has 1 aliphatic rings. The van der Waals surface area contributed by atoms with E-state index in [4.69, 9.17) is 10.8 Å². The lowest BCUT2D eigenvalue weighted by atomic mass is 9.94. The molecule has 1 aromatic carbocycles. The fraction of sp³-hybridized carbons (Fsp3) is 0.647. The quantitative estimate of drug-likeness (QED) is 0.848. The topological polar surface area (TPSA) is 49.5 Å². The van der Waals surface area contributed by atoms with Crippen LogP contribution >= 0.6 is 0 Å². The Balaban J connectivity index is 1.82. The van der Waals surface area contributed by atoms with E-state index >= 15 is 0 Å². The van der Waals surface area contributed by atoms with Crippen molar-refractivity contribution >= 4 is 0 Å². The maximum absolute atomic E-state index is 13.6. The van der Waals surface area contributed by atoms with Crippen LogP contribution in [0.25, 0.3) is 0 Å². The first kappa shape index (κ1) is 16.4. The van der Waals surface area contributed by atoms with Crippen LogP contribution in [0.5, 0.6) is 0 Å². The molecule has 1 aromatic rings. The normalized spacial score (nSPS) is 21.4. The summed E-state index contributed by atoms with van der Waals surface area (Å²) in [6.07, 6.45) is 4.14. The number of rotatable bonds is 6. The van der Waals surface area contributed by atoms with Gasteiger partial charge in [0.1, 0.15) is 5.82 Å².